The SMILES string of the molecule is Cc1ccc(Br)c(C(=O)Nc2ccc(Br)c(C)c2)c1. The Morgan fingerprint density at radius 3 is 2.37 bits per heavy atom. The van der Waals surface area contributed by atoms with Crippen LogP contribution in [0.1, 0.15) is 21.5 Å². The molecule has 0 saturated heterocycles. The second-order valence-electron chi connectivity index (χ2n) is 4.40. The fourth-order valence-corrected chi connectivity index (χ4v) is 2.41. The first kappa shape index (κ1) is 14.3. The Bertz CT molecular complexity index is 638. The van der Waals surface area contributed by atoms with Crippen molar-refractivity contribution in [2.75, 3.05) is 5.32 Å². The van der Waals surface area contributed by atoms with E-state index in [1.54, 1.807) is 0 Å². The van der Waals surface area contributed by atoms with E-state index < -0.39 is 0 Å². The summed E-state index contributed by atoms with van der Waals surface area (Å²) in [6.07, 6.45) is 0. The summed E-state index contributed by atoms with van der Waals surface area (Å²) in [6, 6.07) is 11.5. The molecule has 2 nitrogen and oxygen atoms in total. The first-order valence-electron chi connectivity index (χ1n) is 5.81. The monoisotopic (exact) mass is 381 g/mol. The minimum atomic E-state index is -0.114. The Labute approximate surface area is 129 Å². The van der Waals surface area contributed by atoms with Crippen molar-refractivity contribution in [2.45, 2.75) is 13.8 Å². The molecule has 4 heteroatoms. The van der Waals surface area contributed by atoms with Gasteiger partial charge in [-0.15, -0.1) is 0 Å². The van der Waals surface area contributed by atoms with E-state index in [9.17, 15) is 4.79 Å². The normalized spacial score (nSPS) is 10.3. The fraction of sp³-hybridized carbons (Fsp3) is 0.133. The van der Waals surface area contributed by atoms with Crippen LogP contribution in [0.15, 0.2) is 45.3 Å². The number of benzene rings is 2. The average molecular weight is 383 g/mol. The molecule has 0 radical (unpaired) electrons. The van der Waals surface area contributed by atoms with Crippen molar-refractivity contribution in [3.63, 3.8) is 0 Å². The third-order valence-electron chi connectivity index (χ3n) is 2.78. The molecule has 98 valence electrons. The van der Waals surface area contributed by atoms with Gasteiger partial charge in [0.2, 0.25) is 0 Å². The lowest BCUT2D eigenvalue weighted by Crippen LogP contribution is -2.12. The molecule has 0 aliphatic carbocycles. The molecule has 0 aliphatic rings. The first-order valence-corrected chi connectivity index (χ1v) is 7.39. The molecule has 2 aromatic rings. The van der Waals surface area contributed by atoms with Crippen molar-refractivity contribution in [1.82, 2.24) is 0 Å². The lowest BCUT2D eigenvalue weighted by molar-refractivity contribution is 0.102. The van der Waals surface area contributed by atoms with E-state index in [0.29, 0.717) is 5.56 Å². The van der Waals surface area contributed by atoms with Crippen LogP contribution < -0.4 is 5.32 Å². The zero-order valence-electron chi connectivity index (χ0n) is 10.6. The van der Waals surface area contributed by atoms with Gasteiger partial charge in [0, 0.05) is 14.6 Å². The van der Waals surface area contributed by atoms with Crippen LogP contribution in [0.25, 0.3) is 0 Å². The summed E-state index contributed by atoms with van der Waals surface area (Å²) in [5, 5.41) is 2.90. The molecule has 1 amide bonds. The number of hydrogen-bond donors (Lipinski definition) is 1. The van der Waals surface area contributed by atoms with Gasteiger partial charge in [-0.05, 0) is 65.7 Å². The van der Waals surface area contributed by atoms with Gasteiger partial charge >= 0.3 is 0 Å². The summed E-state index contributed by atoms with van der Waals surface area (Å²) in [5.41, 5.74) is 3.57. The van der Waals surface area contributed by atoms with E-state index in [2.05, 4.69) is 37.2 Å². The number of anilines is 1. The molecule has 2 rings (SSSR count). The van der Waals surface area contributed by atoms with Crippen LogP contribution in [0.5, 0.6) is 0 Å². The van der Waals surface area contributed by atoms with Gasteiger partial charge in [0.05, 0.1) is 5.56 Å². The largest absolute Gasteiger partial charge is 0.322 e. The molecule has 0 saturated carbocycles. The summed E-state index contributed by atoms with van der Waals surface area (Å²) >= 11 is 6.84. The second kappa shape index (κ2) is 5.88. The van der Waals surface area contributed by atoms with Crippen LogP contribution in [-0.4, -0.2) is 5.91 Å². The first-order chi connectivity index (χ1) is 8.97. The molecule has 0 aliphatic heterocycles. The quantitative estimate of drug-likeness (QED) is 0.770. The van der Waals surface area contributed by atoms with Crippen LogP contribution in [-0.2, 0) is 0 Å². The van der Waals surface area contributed by atoms with Crippen LogP contribution in [0, 0.1) is 13.8 Å². The standard InChI is InChI=1S/C15H13Br2NO/c1-9-3-5-14(17)12(7-9)15(19)18-11-4-6-13(16)10(2)8-11/h3-8H,1-2H3,(H,18,19). The molecular weight excluding hydrogens is 370 g/mol. The van der Waals surface area contributed by atoms with Crippen molar-refractivity contribution in [3.05, 3.63) is 62.0 Å². The Kier molecular flexibility index (Phi) is 4.42. The van der Waals surface area contributed by atoms with E-state index in [-0.39, 0.29) is 5.91 Å². The predicted molar refractivity (Wildman–Crippen MR) is 85.7 cm³/mol. The highest BCUT2D eigenvalue weighted by atomic mass is 79.9. The van der Waals surface area contributed by atoms with Gasteiger partial charge in [-0.3, -0.25) is 4.79 Å². The maximum Gasteiger partial charge on any atom is 0.256 e. The number of carbonyl (C=O) groups excluding carboxylic acids is 1. The van der Waals surface area contributed by atoms with Crippen molar-refractivity contribution in [2.24, 2.45) is 0 Å². The van der Waals surface area contributed by atoms with E-state index >= 15 is 0 Å². The Balaban J connectivity index is 2.25. The third-order valence-corrected chi connectivity index (χ3v) is 4.36. The zero-order valence-corrected chi connectivity index (χ0v) is 13.8. The molecular formula is C15H13Br2NO. The van der Waals surface area contributed by atoms with E-state index in [1.165, 1.54) is 0 Å². The van der Waals surface area contributed by atoms with Gasteiger partial charge in [-0.1, -0.05) is 27.6 Å². The second-order valence-corrected chi connectivity index (χ2v) is 6.11. The molecule has 0 spiro atoms. The van der Waals surface area contributed by atoms with Crippen LogP contribution in [0.4, 0.5) is 5.69 Å². The smallest absolute Gasteiger partial charge is 0.256 e. The number of hydrogen-bond acceptors (Lipinski definition) is 1. The summed E-state index contributed by atoms with van der Waals surface area (Å²) < 4.78 is 1.83. The van der Waals surface area contributed by atoms with E-state index in [0.717, 1.165) is 25.8 Å². The zero-order chi connectivity index (χ0) is 14.0. The van der Waals surface area contributed by atoms with Crippen molar-refractivity contribution in [3.8, 4) is 0 Å². The molecule has 2 aromatic carbocycles. The summed E-state index contributed by atoms with van der Waals surface area (Å²) in [4.78, 5) is 12.2. The molecule has 0 bridgehead atoms. The van der Waals surface area contributed by atoms with Crippen molar-refractivity contribution < 1.29 is 4.79 Å². The third kappa shape index (κ3) is 3.45. The van der Waals surface area contributed by atoms with Gasteiger partial charge in [0.25, 0.3) is 5.91 Å². The molecule has 0 heterocycles. The topological polar surface area (TPSA) is 29.1 Å². The minimum Gasteiger partial charge on any atom is -0.322 e. The number of amides is 1. The fourth-order valence-electron chi connectivity index (χ4n) is 1.73. The average Bonchev–Trinajstić information content (AvgIpc) is 2.36. The van der Waals surface area contributed by atoms with Gasteiger partial charge < -0.3 is 5.32 Å². The maximum atomic E-state index is 12.2. The molecule has 1 N–H and O–H groups in total. The lowest BCUT2D eigenvalue weighted by atomic mass is 10.1. The minimum absolute atomic E-state index is 0.114. The maximum absolute atomic E-state index is 12.2. The number of halogens is 2. The Morgan fingerprint density at radius 2 is 1.68 bits per heavy atom. The number of carbonyl (C=O) groups is 1. The van der Waals surface area contributed by atoms with Gasteiger partial charge in [0.15, 0.2) is 0 Å². The number of aryl methyl sites for hydroxylation is 2. The van der Waals surface area contributed by atoms with Crippen LogP contribution in [0.2, 0.25) is 0 Å². The van der Waals surface area contributed by atoms with Crippen LogP contribution in [0.3, 0.4) is 0 Å². The number of rotatable bonds is 2. The van der Waals surface area contributed by atoms with E-state index in [4.69, 9.17) is 0 Å². The van der Waals surface area contributed by atoms with Crippen LogP contribution >= 0.6 is 31.9 Å². The Hall–Kier alpha value is -1.13. The van der Waals surface area contributed by atoms with Gasteiger partial charge in [-0.25, -0.2) is 0 Å². The molecule has 0 aromatic heterocycles. The van der Waals surface area contributed by atoms with E-state index in [1.807, 2.05) is 50.2 Å². The summed E-state index contributed by atoms with van der Waals surface area (Å²) in [6.45, 7) is 3.95. The molecule has 0 unspecified atom stereocenters. The molecule has 0 fully saturated rings. The lowest BCUT2D eigenvalue weighted by Gasteiger charge is -2.09. The predicted octanol–water partition coefficient (Wildman–Crippen LogP) is 5.08. The van der Waals surface area contributed by atoms with Gasteiger partial charge in [0.1, 0.15) is 0 Å². The Morgan fingerprint density at radius 1 is 1.00 bits per heavy atom. The summed E-state index contributed by atoms with van der Waals surface area (Å²) in [5.74, 6) is -0.114. The highest BCUT2D eigenvalue weighted by molar-refractivity contribution is 9.10. The highest BCUT2D eigenvalue weighted by Crippen LogP contribution is 2.22. The highest BCUT2D eigenvalue weighted by Gasteiger charge is 2.10. The molecule has 19 heavy (non-hydrogen) atoms. The molecule has 0 atom stereocenters. The van der Waals surface area contributed by atoms with Gasteiger partial charge in [-0.2, -0.15) is 0 Å². The van der Waals surface area contributed by atoms with Crippen molar-refractivity contribution >= 4 is 43.5 Å². The number of nitrogens with one attached hydrogen (secondary N) is 1. The summed E-state index contributed by atoms with van der Waals surface area (Å²) in [7, 11) is 0. The van der Waals surface area contributed by atoms with Crippen molar-refractivity contribution in [1.29, 1.82) is 0 Å².